The van der Waals surface area contributed by atoms with Crippen LogP contribution in [0.4, 0.5) is 10.5 Å². The Balaban J connectivity index is 1.63. The van der Waals surface area contributed by atoms with Gasteiger partial charge in [-0.2, -0.15) is 0 Å². The molecule has 1 aliphatic carbocycles. The Morgan fingerprint density at radius 1 is 1.30 bits per heavy atom. The molecule has 0 spiro atoms. The summed E-state index contributed by atoms with van der Waals surface area (Å²) in [6, 6.07) is 7.36. The number of thiazole rings is 1. The fourth-order valence-electron chi connectivity index (χ4n) is 3.00. The molecule has 23 heavy (non-hydrogen) atoms. The molecule has 122 valence electrons. The largest absolute Gasteiger partial charge is 0.394 e. The summed E-state index contributed by atoms with van der Waals surface area (Å²) >= 11 is 1.62. The van der Waals surface area contributed by atoms with Crippen LogP contribution in [0.2, 0.25) is 0 Å². The van der Waals surface area contributed by atoms with Crippen molar-refractivity contribution in [2.24, 2.45) is 0 Å². The Kier molecular flexibility index (Phi) is 4.63. The first-order chi connectivity index (χ1) is 11.1. The number of carbonyl (C=O) groups excluding carboxylic acids is 1. The number of aryl methyl sites for hydroxylation is 1. The van der Waals surface area contributed by atoms with Crippen LogP contribution in [0.15, 0.2) is 29.6 Å². The van der Waals surface area contributed by atoms with Crippen LogP contribution in [-0.2, 0) is 0 Å². The van der Waals surface area contributed by atoms with E-state index in [1.54, 1.807) is 11.3 Å². The van der Waals surface area contributed by atoms with Gasteiger partial charge in [0, 0.05) is 16.6 Å². The summed E-state index contributed by atoms with van der Waals surface area (Å²) in [5.41, 5.74) is 2.25. The minimum Gasteiger partial charge on any atom is -0.394 e. The lowest BCUT2D eigenvalue weighted by Crippen LogP contribution is -2.50. The molecule has 1 fully saturated rings. The summed E-state index contributed by atoms with van der Waals surface area (Å²) in [4.78, 5) is 16.6. The van der Waals surface area contributed by atoms with Gasteiger partial charge in [0.2, 0.25) is 0 Å². The van der Waals surface area contributed by atoms with Crippen LogP contribution in [0.3, 0.4) is 0 Å². The van der Waals surface area contributed by atoms with Crippen LogP contribution in [0.1, 0.15) is 30.7 Å². The van der Waals surface area contributed by atoms with E-state index >= 15 is 0 Å². The molecular weight excluding hydrogens is 310 g/mol. The summed E-state index contributed by atoms with van der Waals surface area (Å²) in [6.45, 7) is 1.97. The van der Waals surface area contributed by atoms with E-state index in [0.717, 1.165) is 47.6 Å². The molecule has 1 aliphatic rings. The monoisotopic (exact) mass is 331 g/mol. The molecule has 1 aromatic carbocycles. The molecule has 1 aromatic heterocycles. The van der Waals surface area contributed by atoms with Crippen LogP contribution in [0, 0.1) is 6.92 Å². The Morgan fingerprint density at radius 3 is 2.57 bits per heavy atom. The third kappa shape index (κ3) is 3.71. The number of hydrogen-bond donors (Lipinski definition) is 3. The van der Waals surface area contributed by atoms with Gasteiger partial charge in [-0.05, 0) is 31.9 Å². The number of hydrogen-bond acceptors (Lipinski definition) is 4. The SMILES string of the molecule is Cc1nc(-c2ccc(NC(=O)NC3(CO)CCCC3)cc2)cs1. The van der Waals surface area contributed by atoms with E-state index < -0.39 is 5.54 Å². The third-order valence-electron chi connectivity index (χ3n) is 4.30. The normalized spacial score (nSPS) is 16.3. The second-order valence-corrected chi connectivity index (χ2v) is 7.12. The first kappa shape index (κ1) is 16.0. The summed E-state index contributed by atoms with van der Waals surface area (Å²) in [6.07, 6.45) is 3.75. The highest BCUT2D eigenvalue weighted by Crippen LogP contribution is 2.29. The number of aliphatic hydroxyl groups excluding tert-OH is 1. The van der Waals surface area contributed by atoms with Crippen LogP contribution in [-0.4, -0.2) is 28.3 Å². The van der Waals surface area contributed by atoms with E-state index in [2.05, 4.69) is 15.6 Å². The van der Waals surface area contributed by atoms with Gasteiger partial charge in [0.25, 0.3) is 0 Å². The van der Waals surface area contributed by atoms with E-state index in [1.165, 1.54) is 0 Å². The van der Waals surface area contributed by atoms with Gasteiger partial charge in [-0.3, -0.25) is 0 Å². The summed E-state index contributed by atoms with van der Waals surface area (Å²) in [7, 11) is 0. The fourth-order valence-corrected chi connectivity index (χ4v) is 3.62. The molecule has 3 rings (SSSR count). The molecule has 0 saturated heterocycles. The summed E-state index contributed by atoms with van der Waals surface area (Å²) in [5, 5.41) is 18.4. The molecule has 0 radical (unpaired) electrons. The van der Waals surface area contributed by atoms with Crippen molar-refractivity contribution in [1.82, 2.24) is 10.3 Å². The minimum absolute atomic E-state index is 0.0114. The number of urea groups is 1. The fraction of sp³-hybridized carbons (Fsp3) is 0.412. The number of carbonyl (C=O) groups is 1. The van der Waals surface area contributed by atoms with Gasteiger partial charge in [-0.1, -0.05) is 25.0 Å². The van der Waals surface area contributed by atoms with Crippen molar-refractivity contribution in [3.05, 3.63) is 34.7 Å². The van der Waals surface area contributed by atoms with Crippen molar-refractivity contribution < 1.29 is 9.90 Å². The van der Waals surface area contributed by atoms with Crippen molar-refractivity contribution in [3.63, 3.8) is 0 Å². The number of rotatable bonds is 4. The maximum absolute atomic E-state index is 12.1. The van der Waals surface area contributed by atoms with Crippen molar-refractivity contribution in [2.45, 2.75) is 38.1 Å². The van der Waals surface area contributed by atoms with Crippen LogP contribution in [0.5, 0.6) is 0 Å². The lowest BCUT2D eigenvalue weighted by Gasteiger charge is -2.27. The molecule has 6 heteroatoms. The number of amides is 2. The molecular formula is C17H21N3O2S. The van der Waals surface area contributed by atoms with Gasteiger partial charge in [-0.25, -0.2) is 9.78 Å². The highest BCUT2D eigenvalue weighted by Gasteiger charge is 2.34. The Hall–Kier alpha value is -1.92. The van der Waals surface area contributed by atoms with Crippen molar-refractivity contribution in [1.29, 1.82) is 0 Å². The summed E-state index contributed by atoms with van der Waals surface area (Å²) < 4.78 is 0. The predicted octanol–water partition coefficient (Wildman–Crippen LogP) is 3.55. The number of anilines is 1. The zero-order valence-corrected chi connectivity index (χ0v) is 13.9. The molecule has 0 unspecified atom stereocenters. The first-order valence-electron chi connectivity index (χ1n) is 7.83. The highest BCUT2D eigenvalue weighted by molar-refractivity contribution is 7.09. The minimum atomic E-state index is -0.456. The quantitative estimate of drug-likeness (QED) is 0.802. The van der Waals surface area contributed by atoms with Gasteiger partial charge in [0.1, 0.15) is 0 Å². The molecule has 0 bridgehead atoms. The second kappa shape index (κ2) is 6.68. The second-order valence-electron chi connectivity index (χ2n) is 6.05. The van der Waals surface area contributed by atoms with Gasteiger partial charge in [-0.15, -0.1) is 11.3 Å². The molecule has 2 amide bonds. The summed E-state index contributed by atoms with van der Waals surface area (Å²) in [5.74, 6) is 0. The zero-order chi connectivity index (χ0) is 16.3. The Morgan fingerprint density at radius 2 is 2.00 bits per heavy atom. The number of nitrogens with one attached hydrogen (secondary N) is 2. The highest BCUT2D eigenvalue weighted by atomic mass is 32.1. The lowest BCUT2D eigenvalue weighted by molar-refractivity contribution is 0.167. The molecule has 1 saturated carbocycles. The Labute approximate surface area is 139 Å². The number of aliphatic hydroxyl groups is 1. The van der Waals surface area contributed by atoms with Crippen molar-refractivity contribution >= 4 is 23.1 Å². The van der Waals surface area contributed by atoms with Crippen LogP contribution < -0.4 is 10.6 Å². The number of benzene rings is 1. The van der Waals surface area contributed by atoms with Crippen LogP contribution in [0.25, 0.3) is 11.3 Å². The third-order valence-corrected chi connectivity index (χ3v) is 5.07. The van der Waals surface area contributed by atoms with E-state index in [0.29, 0.717) is 0 Å². The van der Waals surface area contributed by atoms with Gasteiger partial charge >= 0.3 is 6.03 Å². The van der Waals surface area contributed by atoms with Crippen LogP contribution >= 0.6 is 11.3 Å². The van der Waals surface area contributed by atoms with E-state index in [-0.39, 0.29) is 12.6 Å². The molecule has 5 nitrogen and oxygen atoms in total. The average Bonchev–Trinajstić information content (AvgIpc) is 3.18. The van der Waals surface area contributed by atoms with E-state index in [4.69, 9.17) is 0 Å². The number of nitrogens with zero attached hydrogens (tertiary/aromatic N) is 1. The zero-order valence-electron chi connectivity index (χ0n) is 13.1. The van der Waals surface area contributed by atoms with Crippen molar-refractivity contribution in [2.75, 3.05) is 11.9 Å². The predicted molar refractivity (Wildman–Crippen MR) is 92.7 cm³/mol. The maximum atomic E-state index is 12.1. The molecule has 0 aliphatic heterocycles. The maximum Gasteiger partial charge on any atom is 0.319 e. The molecule has 1 heterocycles. The van der Waals surface area contributed by atoms with Gasteiger partial charge in [0.15, 0.2) is 0 Å². The molecule has 3 N–H and O–H groups in total. The topological polar surface area (TPSA) is 74.2 Å². The van der Waals surface area contributed by atoms with Gasteiger partial charge in [0.05, 0.1) is 22.8 Å². The van der Waals surface area contributed by atoms with Crippen molar-refractivity contribution in [3.8, 4) is 11.3 Å². The lowest BCUT2D eigenvalue weighted by atomic mass is 9.99. The molecule has 0 atom stereocenters. The van der Waals surface area contributed by atoms with E-state index in [9.17, 15) is 9.90 Å². The average molecular weight is 331 g/mol. The first-order valence-corrected chi connectivity index (χ1v) is 8.71. The smallest absolute Gasteiger partial charge is 0.319 e. The standard InChI is InChI=1S/C17H21N3O2S/c1-12-18-15(10-23-12)13-4-6-14(7-5-13)19-16(22)20-17(11-21)8-2-3-9-17/h4-7,10,21H,2-3,8-9,11H2,1H3,(H2,19,20,22). The Bertz CT molecular complexity index is 675. The number of aromatic nitrogens is 1. The van der Waals surface area contributed by atoms with E-state index in [1.807, 2.05) is 36.6 Å². The van der Waals surface area contributed by atoms with Gasteiger partial charge < -0.3 is 15.7 Å². The molecule has 2 aromatic rings.